The molecule has 0 spiro atoms. The van der Waals surface area contributed by atoms with Crippen molar-refractivity contribution < 1.29 is 19.1 Å². The van der Waals surface area contributed by atoms with Crippen LogP contribution in [0.25, 0.3) is 0 Å². The van der Waals surface area contributed by atoms with Crippen molar-refractivity contribution in [3.05, 3.63) is 35.4 Å². The van der Waals surface area contributed by atoms with Gasteiger partial charge in [0.15, 0.2) is 0 Å². The highest BCUT2D eigenvalue weighted by atomic mass is 16.6. The molecule has 1 aromatic carbocycles. The van der Waals surface area contributed by atoms with Gasteiger partial charge in [-0.2, -0.15) is 0 Å². The molecule has 35 heavy (non-hydrogen) atoms. The Bertz CT molecular complexity index is 805. The minimum Gasteiger partial charge on any atom is -0.444 e. The van der Waals surface area contributed by atoms with E-state index in [1.54, 1.807) is 0 Å². The summed E-state index contributed by atoms with van der Waals surface area (Å²) in [6.07, 6.45) is 6.68. The molecule has 2 amide bonds. The van der Waals surface area contributed by atoms with Gasteiger partial charge in [0.25, 0.3) is 5.91 Å². The molecule has 1 saturated heterocycles. The Morgan fingerprint density at radius 3 is 2.51 bits per heavy atom. The zero-order valence-electron chi connectivity index (χ0n) is 22.1. The number of benzene rings is 1. The lowest BCUT2D eigenvalue weighted by atomic mass is 9.83. The standard InChI is InChI=1S/C28H45N3O4/c1-5-34-20-22-9-8-16-31(18-22)19-24-10-6-7-11-25(24)30-26(32)23-14-12-21(13-15-23)17-29-27(33)35-28(2,3)4/h12-15,22,24-25H,5-11,16-20H2,1-4H3,(H,29,33)(H,30,32)/t22-,24-,25+/m1/s1. The number of rotatable bonds is 9. The van der Waals surface area contributed by atoms with E-state index >= 15 is 0 Å². The first-order valence-electron chi connectivity index (χ1n) is 13.4. The van der Waals surface area contributed by atoms with E-state index in [0.717, 1.165) is 44.8 Å². The maximum absolute atomic E-state index is 13.0. The van der Waals surface area contributed by atoms with Gasteiger partial charge >= 0.3 is 6.09 Å². The lowest BCUT2D eigenvalue weighted by molar-refractivity contribution is 0.0522. The van der Waals surface area contributed by atoms with E-state index in [4.69, 9.17) is 9.47 Å². The van der Waals surface area contributed by atoms with Crippen LogP contribution in [0, 0.1) is 11.8 Å². The molecule has 0 aromatic heterocycles. The van der Waals surface area contributed by atoms with Crippen molar-refractivity contribution in [1.29, 1.82) is 0 Å². The highest BCUT2D eigenvalue weighted by molar-refractivity contribution is 5.94. The molecule has 1 aromatic rings. The van der Waals surface area contributed by atoms with Crippen LogP contribution in [0.2, 0.25) is 0 Å². The van der Waals surface area contributed by atoms with Gasteiger partial charge in [0.1, 0.15) is 5.60 Å². The molecule has 0 unspecified atom stereocenters. The number of nitrogens with one attached hydrogen (secondary N) is 2. The third kappa shape index (κ3) is 9.45. The van der Waals surface area contributed by atoms with E-state index in [2.05, 4.69) is 22.5 Å². The fraction of sp³-hybridized carbons (Fsp3) is 0.714. The summed E-state index contributed by atoms with van der Waals surface area (Å²) < 4.78 is 10.9. The third-order valence-electron chi connectivity index (χ3n) is 6.93. The molecule has 0 radical (unpaired) electrons. The maximum Gasteiger partial charge on any atom is 0.407 e. The Morgan fingerprint density at radius 1 is 1.06 bits per heavy atom. The molecule has 1 aliphatic carbocycles. The average molecular weight is 488 g/mol. The molecule has 3 rings (SSSR count). The van der Waals surface area contributed by atoms with Crippen molar-refractivity contribution in [1.82, 2.24) is 15.5 Å². The number of piperidine rings is 1. The first-order chi connectivity index (χ1) is 16.7. The predicted molar refractivity (Wildman–Crippen MR) is 138 cm³/mol. The van der Waals surface area contributed by atoms with Gasteiger partial charge in [-0.1, -0.05) is 25.0 Å². The largest absolute Gasteiger partial charge is 0.444 e. The normalized spacial score (nSPS) is 23.5. The monoisotopic (exact) mass is 487 g/mol. The van der Waals surface area contributed by atoms with Gasteiger partial charge in [-0.25, -0.2) is 4.79 Å². The van der Waals surface area contributed by atoms with Crippen molar-refractivity contribution >= 4 is 12.0 Å². The summed E-state index contributed by atoms with van der Waals surface area (Å²) >= 11 is 0. The Labute approximate surface area is 211 Å². The highest BCUT2D eigenvalue weighted by Crippen LogP contribution is 2.27. The summed E-state index contributed by atoms with van der Waals surface area (Å²) in [7, 11) is 0. The molecular formula is C28H45N3O4. The first-order valence-corrected chi connectivity index (χ1v) is 13.4. The molecular weight excluding hydrogens is 442 g/mol. The number of hydrogen-bond donors (Lipinski definition) is 2. The van der Waals surface area contributed by atoms with Gasteiger partial charge in [0.2, 0.25) is 0 Å². The third-order valence-corrected chi connectivity index (χ3v) is 6.93. The van der Waals surface area contributed by atoms with Gasteiger partial charge in [0, 0.05) is 37.8 Å². The Balaban J connectivity index is 1.49. The van der Waals surface area contributed by atoms with Gasteiger partial charge in [-0.3, -0.25) is 4.79 Å². The second-order valence-corrected chi connectivity index (χ2v) is 11.1. The Hall–Kier alpha value is -2.12. The van der Waals surface area contributed by atoms with Crippen molar-refractivity contribution in [2.45, 2.75) is 84.4 Å². The fourth-order valence-electron chi connectivity index (χ4n) is 5.20. The maximum atomic E-state index is 13.0. The molecule has 0 bridgehead atoms. The summed E-state index contributed by atoms with van der Waals surface area (Å²) in [4.78, 5) is 27.5. The molecule has 2 aliphatic rings. The number of carbonyl (C=O) groups is 2. The minimum atomic E-state index is -0.526. The number of carbonyl (C=O) groups excluding carboxylic acids is 2. The summed E-state index contributed by atoms with van der Waals surface area (Å²) in [5, 5.41) is 6.09. The SMILES string of the molecule is CCOC[C@@H]1CCCN(C[C@H]2CCCC[C@@H]2NC(=O)c2ccc(CNC(=O)OC(C)(C)C)cc2)C1. The number of nitrogens with zero attached hydrogens (tertiary/aromatic N) is 1. The zero-order chi connectivity index (χ0) is 25.3. The van der Waals surface area contributed by atoms with E-state index < -0.39 is 11.7 Å². The van der Waals surface area contributed by atoms with Gasteiger partial charge in [-0.15, -0.1) is 0 Å². The molecule has 196 valence electrons. The summed E-state index contributed by atoms with van der Waals surface area (Å²) in [5.74, 6) is 1.11. The molecule has 3 atom stereocenters. The molecule has 1 aliphatic heterocycles. The van der Waals surface area contributed by atoms with E-state index in [1.807, 2.05) is 45.0 Å². The summed E-state index contributed by atoms with van der Waals surface area (Å²) in [6, 6.07) is 7.66. The van der Waals surface area contributed by atoms with Crippen LogP contribution in [-0.2, 0) is 16.0 Å². The van der Waals surface area contributed by atoms with Crippen molar-refractivity contribution in [3.63, 3.8) is 0 Å². The molecule has 2 N–H and O–H groups in total. The highest BCUT2D eigenvalue weighted by Gasteiger charge is 2.30. The lowest BCUT2D eigenvalue weighted by Gasteiger charge is -2.39. The average Bonchev–Trinajstić information content (AvgIpc) is 2.82. The second-order valence-electron chi connectivity index (χ2n) is 11.1. The van der Waals surface area contributed by atoms with E-state index in [9.17, 15) is 9.59 Å². The lowest BCUT2D eigenvalue weighted by Crippen LogP contribution is -2.48. The van der Waals surface area contributed by atoms with Crippen molar-refractivity contribution in [2.75, 3.05) is 32.8 Å². The number of ether oxygens (including phenoxy) is 2. The first kappa shape index (κ1) is 27.5. The quantitative estimate of drug-likeness (QED) is 0.526. The van der Waals surface area contributed by atoms with Crippen LogP contribution in [0.15, 0.2) is 24.3 Å². The molecule has 1 heterocycles. The van der Waals surface area contributed by atoms with Crippen LogP contribution < -0.4 is 10.6 Å². The van der Waals surface area contributed by atoms with Crippen LogP contribution in [0.3, 0.4) is 0 Å². The minimum absolute atomic E-state index is 0.0126. The van der Waals surface area contributed by atoms with Crippen LogP contribution in [0.5, 0.6) is 0 Å². The number of alkyl carbamates (subject to hydrolysis) is 1. The van der Waals surface area contributed by atoms with E-state index in [0.29, 0.717) is 23.9 Å². The topological polar surface area (TPSA) is 79.9 Å². The van der Waals surface area contributed by atoms with Crippen LogP contribution in [0.1, 0.15) is 82.1 Å². The predicted octanol–water partition coefficient (Wildman–Crippen LogP) is 4.75. The second kappa shape index (κ2) is 13.3. The van der Waals surface area contributed by atoms with Crippen LogP contribution >= 0.6 is 0 Å². The fourth-order valence-corrected chi connectivity index (χ4v) is 5.20. The van der Waals surface area contributed by atoms with E-state index in [1.165, 1.54) is 32.1 Å². The Morgan fingerprint density at radius 2 is 1.80 bits per heavy atom. The molecule has 7 heteroatoms. The Kier molecular flexibility index (Phi) is 10.4. The van der Waals surface area contributed by atoms with Crippen molar-refractivity contribution in [2.24, 2.45) is 11.8 Å². The van der Waals surface area contributed by atoms with Gasteiger partial charge < -0.3 is 25.0 Å². The number of likely N-dealkylation sites (tertiary alicyclic amines) is 1. The zero-order valence-corrected chi connectivity index (χ0v) is 22.1. The summed E-state index contributed by atoms with van der Waals surface area (Å²) in [6.45, 7) is 12.9. The van der Waals surface area contributed by atoms with Gasteiger partial charge in [-0.05, 0) is 89.5 Å². The van der Waals surface area contributed by atoms with Gasteiger partial charge in [0.05, 0.1) is 6.61 Å². The number of hydrogen-bond acceptors (Lipinski definition) is 5. The van der Waals surface area contributed by atoms with E-state index in [-0.39, 0.29) is 11.9 Å². The molecule has 7 nitrogen and oxygen atoms in total. The molecule has 2 fully saturated rings. The van der Waals surface area contributed by atoms with Crippen molar-refractivity contribution in [3.8, 4) is 0 Å². The number of amides is 2. The molecule has 1 saturated carbocycles. The smallest absolute Gasteiger partial charge is 0.407 e. The van der Waals surface area contributed by atoms with Crippen LogP contribution in [-0.4, -0.2) is 61.4 Å². The summed E-state index contributed by atoms with van der Waals surface area (Å²) in [5.41, 5.74) is 1.06. The van der Waals surface area contributed by atoms with Crippen LogP contribution in [0.4, 0.5) is 4.79 Å².